The van der Waals surface area contributed by atoms with Crippen molar-refractivity contribution in [3.63, 3.8) is 0 Å². The summed E-state index contributed by atoms with van der Waals surface area (Å²) >= 11 is 6.10. The van der Waals surface area contributed by atoms with Crippen LogP contribution in [-0.4, -0.2) is 15.9 Å². The summed E-state index contributed by atoms with van der Waals surface area (Å²) in [4.78, 5) is 15.9. The molecule has 0 saturated carbocycles. The zero-order valence-electron chi connectivity index (χ0n) is 11.3. The molecule has 1 heterocycles. The lowest BCUT2D eigenvalue weighted by molar-refractivity contribution is -0.115. The van der Waals surface area contributed by atoms with Gasteiger partial charge in [-0.25, -0.2) is 4.98 Å². The SMILES string of the molecule is O=C1CCC=C1C(O)c1cc(-c2ccccc2)cnc1Cl. The number of carbonyl (C=O) groups is 1. The van der Waals surface area contributed by atoms with Crippen LogP contribution in [0.15, 0.2) is 54.2 Å². The molecular formula is C17H14ClNO2. The lowest BCUT2D eigenvalue weighted by Gasteiger charge is -2.14. The van der Waals surface area contributed by atoms with Crippen molar-refractivity contribution in [3.8, 4) is 11.1 Å². The molecule has 1 aromatic heterocycles. The summed E-state index contributed by atoms with van der Waals surface area (Å²) in [6.45, 7) is 0. The zero-order valence-corrected chi connectivity index (χ0v) is 12.0. The lowest BCUT2D eigenvalue weighted by atomic mass is 9.98. The van der Waals surface area contributed by atoms with Gasteiger partial charge >= 0.3 is 0 Å². The molecule has 1 aliphatic carbocycles. The van der Waals surface area contributed by atoms with Gasteiger partial charge in [-0.3, -0.25) is 4.79 Å². The molecule has 1 aromatic carbocycles. The number of nitrogens with zero attached hydrogens (tertiary/aromatic N) is 1. The maximum absolute atomic E-state index is 11.8. The van der Waals surface area contributed by atoms with Crippen LogP contribution in [-0.2, 0) is 4.79 Å². The first-order valence-electron chi connectivity index (χ1n) is 6.79. The molecule has 1 aliphatic rings. The van der Waals surface area contributed by atoms with Crippen LogP contribution < -0.4 is 0 Å². The molecule has 21 heavy (non-hydrogen) atoms. The molecule has 0 amide bonds. The summed E-state index contributed by atoms with van der Waals surface area (Å²) in [6.07, 6.45) is 3.56. The van der Waals surface area contributed by atoms with Crippen molar-refractivity contribution in [2.24, 2.45) is 0 Å². The molecular weight excluding hydrogens is 286 g/mol. The summed E-state index contributed by atoms with van der Waals surface area (Å²) < 4.78 is 0. The van der Waals surface area contributed by atoms with E-state index < -0.39 is 6.10 Å². The number of carbonyl (C=O) groups excluding carboxylic acids is 1. The Labute approximate surface area is 127 Å². The number of benzene rings is 1. The Morgan fingerprint density at radius 3 is 2.62 bits per heavy atom. The number of rotatable bonds is 3. The third kappa shape index (κ3) is 2.75. The van der Waals surface area contributed by atoms with Crippen LogP contribution >= 0.6 is 11.6 Å². The smallest absolute Gasteiger partial charge is 0.161 e. The van der Waals surface area contributed by atoms with Gasteiger partial charge in [-0.15, -0.1) is 0 Å². The second-order valence-electron chi connectivity index (χ2n) is 4.99. The van der Waals surface area contributed by atoms with Crippen LogP contribution in [0.1, 0.15) is 24.5 Å². The van der Waals surface area contributed by atoms with E-state index in [4.69, 9.17) is 11.6 Å². The maximum atomic E-state index is 11.8. The van der Waals surface area contributed by atoms with Gasteiger partial charge in [0.25, 0.3) is 0 Å². The second kappa shape index (κ2) is 5.80. The van der Waals surface area contributed by atoms with Gasteiger partial charge in [0.1, 0.15) is 11.3 Å². The third-order valence-corrected chi connectivity index (χ3v) is 3.94. The molecule has 3 nitrogen and oxygen atoms in total. The average Bonchev–Trinajstić information content (AvgIpc) is 2.94. The molecule has 0 aliphatic heterocycles. The Morgan fingerprint density at radius 1 is 1.19 bits per heavy atom. The van der Waals surface area contributed by atoms with Crippen molar-refractivity contribution in [2.75, 3.05) is 0 Å². The number of Topliss-reactive ketones (excluding diaryl/α,β-unsaturated/α-hetero) is 1. The van der Waals surface area contributed by atoms with E-state index in [0.717, 1.165) is 11.1 Å². The van der Waals surface area contributed by atoms with Crippen molar-refractivity contribution in [2.45, 2.75) is 18.9 Å². The van der Waals surface area contributed by atoms with Crippen molar-refractivity contribution >= 4 is 17.4 Å². The highest BCUT2D eigenvalue weighted by Crippen LogP contribution is 2.33. The Balaban J connectivity index is 2.01. The van der Waals surface area contributed by atoms with Crippen molar-refractivity contribution in [3.05, 3.63) is 65.0 Å². The van der Waals surface area contributed by atoms with Crippen molar-refractivity contribution < 1.29 is 9.90 Å². The molecule has 3 rings (SSSR count). The number of halogens is 1. The van der Waals surface area contributed by atoms with Gasteiger partial charge in [-0.2, -0.15) is 0 Å². The van der Waals surface area contributed by atoms with E-state index in [-0.39, 0.29) is 10.9 Å². The van der Waals surface area contributed by atoms with Crippen LogP contribution in [0, 0.1) is 0 Å². The van der Waals surface area contributed by atoms with Gasteiger partial charge in [0, 0.05) is 29.3 Å². The number of pyridine rings is 1. The quantitative estimate of drug-likeness (QED) is 0.879. The van der Waals surface area contributed by atoms with Crippen molar-refractivity contribution in [1.82, 2.24) is 4.98 Å². The van der Waals surface area contributed by atoms with Gasteiger partial charge in [0.2, 0.25) is 0 Å². The predicted octanol–water partition coefficient (Wildman–Crippen LogP) is 3.72. The molecule has 4 heteroatoms. The molecule has 0 saturated heterocycles. The molecule has 1 unspecified atom stereocenters. The lowest BCUT2D eigenvalue weighted by Crippen LogP contribution is -2.09. The molecule has 106 valence electrons. The average molecular weight is 300 g/mol. The Kier molecular flexibility index (Phi) is 3.86. The maximum Gasteiger partial charge on any atom is 0.161 e. The number of ketones is 1. The summed E-state index contributed by atoms with van der Waals surface area (Å²) in [7, 11) is 0. The largest absolute Gasteiger partial charge is 0.383 e. The highest BCUT2D eigenvalue weighted by Gasteiger charge is 2.26. The number of aliphatic hydroxyl groups is 1. The standard InChI is InChI=1S/C17H14ClNO2/c18-17-14(16(21)13-7-4-8-15(13)20)9-12(10-19-17)11-5-2-1-3-6-11/h1-3,5-7,9-10,16,21H,4,8H2. The molecule has 2 aromatic rings. The molecule has 1 atom stereocenters. The summed E-state index contributed by atoms with van der Waals surface area (Å²) in [6, 6.07) is 11.5. The van der Waals surface area contributed by atoms with Crippen LogP contribution in [0.5, 0.6) is 0 Å². The minimum Gasteiger partial charge on any atom is -0.383 e. The van der Waals surface area contributed by atoms with Crippen LogP contribution in [0.3, 0.4) is 0 Å². The first-order chi connectivity index (χ1) is 10.2. The number of hydrogen-bond acceptors (Lipinski definition) is 3. The van der Waals surface area contributed by atoms with Crippen LogP contribution in [0.25, 0.3) is 11.1 Å². The second-order valence-corrected chi connectivity index (χ2v) is 5.35. The Morgan fingerprint density at radius 2 is 1.95 bits per heavy atom. The topological polar surface area (TPSA) is 50.2 Å². The number of aliphatic hydroxyl groups excluding tert-OH is 1. The molecule has 0 radical (unpaired) electrons. The van der Waals surface area contributed by atoms with Crippen molar-refractivity contribution in [1.29, 1.82) is 0 Å². The highest BCUT2D eigenvalue weighted by molar-refractivity contribution is 6.30. The molecule has 0 bridgehead atoms. The van der Waals surface area contributed by atoms with E-state index >= 15 is 0 Å². The van der Waals surface area contributed by atoms with E-state index in [1.165, 1.54) is 0 Å². The van der Waals surface area contributed by atoms with E-state index in [1.54, 1.807) is 18.3 Å². The zero-order chi connectivity index (χ0) is 14.8. The summed E-state index contributed by atoms with van der Waals surface area (Å²) in [5.74, 6) is -0.0244. The van der Waals surface area contributed by atoms with E-state index in [1.807, 2.05) is 30.3 Å². The number of aromatic nitrogens is 1. The monoisotopic (exact) mass is 299 g/mol. The molecule has 1 N–H and O–H groups in total. The van der Waals surface area contributed by atoms with Gasteiger partial charge in [-0.05, 0) is 18.1 Å². The van der Waals surface area contributed by atoms with Gasteiger partial charge < -0.3 is 5.11 Å². The fraction of sp³-hybridized carbons (Fsp3) is 0.176. The fourth-order valence-corrected chi connectivity index (χ4v) is 2.70. The van der Waals surface area contributed by atoms with Crippen LogP contribution in [0.2, 0.25) is 5.15 Å². The van der Waals surface area contributed by atoms with Gasteiger partial charge in [0.05, 0.1) is 0 Å². The third-order valence-electron chi connectivity index (χ3n) is 3.62. The first kappa shape index (κ1) is 14.0. The van der Waals surface area contributed by atoms with Gasteiger partial charge in [-0.1, -0.05) is 48.0 Å². The van der Waals surface area contributed by atoms with E-state index in [2.05, 4.69) is 4.98 Å². The predicted molar refractivity (Wildman–Crippen MR) is 82.0 cm³/mol. The molecule has 0 fully saturated rings. The summed E-state index contributed by atoms with van der Waals surface area (Å²) in [5, 5.41) is 10.7. The normalized spacial score (nSPS) is 15.9. The van der Waals surface area contributed by atoms with Crippen LogP contribution in [0.4, 0.5) is 0 Å². The van der Waals surface area contributed by atoms with E-state index in [9.17, 15) is 9.90 Å². The highest BCUT2D eigenvalue weighted by atomic mass is 35.5. The minimum atomic E-state index is -1.01. The Bertz CT molecular complexity index is 710. The fourth-order valence-electron chi connectivity index (χ4n) is 2.49. The summed E-state index contributed by atoms with van der Waals surface area (Å²) in [5.41, 5.74) is 2.74. The molecule has 0 spiro atoms. The van der Waals surface area contributed by atoms with Gasteiger partial charge in [0.15, 0.2) is 5.78 Å². The Hall–Kier alpha value is -1.97. The minimum absolute atomic E-state index is 0.0244. The number of allylic oxidation sites excluding steroid dienone is 1. The number of hydrogen-bond donors (Lipinski definition) is 1. The first-order valence-corrected chi connectivity index (χ1v) is 7.17. The van der Waals surface area contributed by atoms with E-state index in [0.29, 0.717) is 24.0 Å².